The van der Waals surface area contributed by atoms with Crippen LogP contribution in [0.15, 0.2) is 48.5 Å². The lowest BCUT2D eigenvalue weighted by Gasteiger charge is -2.24. The van der Waals surface area contributed by atoms with Gasteiger partial charge >= 0.3 is 0 Å². The molecule has 0 amide bonds. The quantitative estimate of drug-likeness (QED) is 0.847. The van der Waals surface area contributed by atoms with Crippen LogP contribution in [0.25, 0.3) is 0 Å². The third-order valence-corrected chi connectivity index (χ3v) is 3.50. The Morgan fingerprint density at radius 2 is 1.43 bits per heavy atom. The van der Waals surface area contributed by atoms with Gasteiger partial charge in [-0.3, -0.25) is 0 Å². The fourth-order valence-electron chi connectivity index (χ4n) is 2.37. The zero-order chi connectivity index (χ0) is 15.2. The van der Waals surface area contributed by atoms with Gasteiger partial charge in [-0.1, -0.05) is 44.2 Å². The van der Waals surface area contributed by atoms with Crippen LogP contribution in [-0.2, 0) is 0 Å². The standard InChI is InChI=1S/C18H23NO2/c1-13(2)18(14-8-6-5-7-9-14)19-15-10-16(20-3)12-17(11-15)21-4/h5-13,18-19H,1-4H3. The molecular weight excluding hydrogens is 262 g/mol. The molecule has 0 fully saturated rings. The molecular formula is C18H23NO2. The normalized spacial score (nSPS) is 12.0. The summed E-state index contributed by atoms with van der Waals surface area (Å²) in [7, 11) is 3.32. The molecule has 21 heavy (non-hydrogen) atoms. The first-order valence-electron chi connectivity index (χ1n) is 7.18. The van der Waals surface area contributed by atoms with Crippen molar-refractivity contribution in [3.05, 3.63) is 54.1 Å². The Kier molecular flexibility index (Phi) is 5.09. The predicted molar refractivity (Wildman–Crippen MR) is 87.2 cm³/mol. The fraction of sp³-hybridized carbons (Fsp3) is 0.333. The minimum absolute atomic E-state index is 0.239. The van der Waals surface area contributed by atoms with Gasteiger partial charge in [0.05, 0.1) is 20.3 Å². The largest absolute Gasteiger partial charge is 0.497 e. The zero-order valence-corrected chi connectivity index (χ0v) is 13.1. The fourth-order valence-corrected chi connectivity index (χ4v) is 2.37. The van der Waals surface area contributed by atoms with E-state index in [1.165, 1.54) is 5.56 Å². The van der Waals surface area contributed by atoms with Gasteiger partial charge in [0.25, 0.3) is 0 Å². The zero-order valence-electron chi connectivity index (χ0n) is 13.1. The van der Waals surface area contributed by atoms with Crippen LogP contribution >= 0.6 is 0 Å². The molecule has 0 saturated carbocycles. The third kappa shape index (κ3) is 3.91. The van der Waals surface area contributed by atoms with Gasteiger partial charge in [-0.05, 0) is 11.5 Å². The van der Waals surface area contributed by atoms with Gasteiger partial charge in [-0.25, -0.2) is 0 Å². The van der Waals surface area contributed by atoms with Crippen molar-refractivity contribution in [1.29, 1.82) is 0 Å². The maximum atomic E-state index is 5.33. The van der Waals surface area contributed by atoms with E-state index in [4.69, 9.17) is 9.47 Å². The van der Waals surface area contributed by atoms with Crippen LogP contribution in [0.1, 0.15) is 25.5 Å². The van der Waals surface area contributed by atoms with E-state index in [0.29, 0.717) is 5.92 Å². The van der Waals surface area contributed by atoms with E-state index in [1.54, 1.807) is 14.2 Å². The van der Waals surface area contributed by atoms with E-state index in [9.17, 15) is 0 Å². The second-order valence-corrected chi connectivity index (χ2v) is 5.38. The van der Waals surface area contributed by atoms with Crippen LogP contribution in [0, 0.1) is 5.92 Å². The van der Waals surface area contributed by atoms with Gasteiger partial charge in [0, 0.05) is 23.9 Å². The number of ether oxygens (including phenoxy) is 2. The number of nitrogens with one attached hydrogen (secondary N) is 1. The van der Waals surface area contributed by atoms with Gasteiger partial charge in [-0.2, -0.15) is 0 Å². The Morgan fingerprint density at radius 3 is 1.90 bits per heavy atom. The van der Waals surface area contributed by atoms with Crippen molar-refractivity contribution >= 4 is 5.69 Å². The Labute approximate surface area is 126 Å². The molecule has 2 rings (SSSR count). The summed E-state index contributed by atoms with van der Waals surface area (Å²) in [4.78, 5) is 0. The lowest BCUT2D eigenvalue weighted by Crippen LogP contribution is -2.16. The van der Waals surface area contributed by atoms with Gasteiger partial charge in [0.2, 0.25) is 0 Å². The first-order valence-corrected chi connectivity index (χ1v) is 7.18. The Bertz CT molecular complexity index is 544. The summed E-state index contributed by atoms with van der Waals surface area (Å²) in [6.07, 6.45) is 0. The van der Waals surface area contributed by atoms with Gasteiger partial charge in [0.1, 0.15) is 11.5 Å². The van der Waals surface area contributed by atoms with Crippen LogP contribution in [0.2, 0.25) is 0 Å². The topological polar surface area (TPSA) is 30.5 Å². The maximum absolute atomic E-state index is 5.33. The summed E-state index contributed by atoms with van der Waals surface area (Å²) in [6.45, 7) is 4.42. The van der Waals surface area contributed by atoms with Gasteiger partial charge in [-0.15, -0.1) is 0 Å². The van der Waals surface area contributed by atoms with E-state index >= 15 is 0 Å². The number of anilines is 1. The molecule has 1 unspecified atom stereocenters. The number of rotatable bonds is 6. The lowest BCUT2D eigenvalue weighted by molar-refractivity contribution is 0.394. The predicted octanol–water partition coefficient (Wildman–Crippen LogP) is 4.51. The summed E-state index contributed by atoms with van der Waals surface area (Å²) in [5.74, 6) is 2.03. The number of hydrogen-bond donors (Lipinski definition) is 1. The molecule has 0 aromatic heterocycles. The van der Waals surface area contributed by atoms with Crippen molar-refractivity contribution in [3.8, 4) is 11.5 Å². The van der Waals surface area contributed by atoms with E-state index in [-0.39, 0.29) is 6.04 Å². The molecule has 2 aromatic rings. The smallest absolute Gasteiger partial charge is 0.124 e. The molecule has 3 heteroatoms. The van der Waals surface area contributed by atoms with Crippen molar-refractivity contribution in [1.82, 2.24) is 0 Å². The highest BCUT2D eigenvalue weighted by Crippen LogP contribution is 2.31. The highest BCUT2D eigenvalue weighted by atomic mass is 16.5. The van der Waals surface area contributed by atoms with E-state index < -0.39 is 0 Å². The molecule has 0 aliphatic rings. The van der Waals surface area contributed by atoms with E-state index in [2.05, 4.69) is 43.4 Å². The molecule has 0 heterocycles. The van der Waals surface area contributed by atoms with Crippen molar-refractivity contribution in [2.75, 3.05) is 19.5 Å². The molecule has 0 saturated heterocycles. The number of hydrogen-bond acceptors (Lipinski definition) is 3. The molecule has 0 aliphatic carbocycles. The van der Waals surface area contributed by atoms with Gasteiger partial charge in [0.15, 0.2) is 0 Å². The highest BCUT2D eigenvalue weighted by Gasteiger charge is 2.16. The number of benzene rings is 2. The number of methoxy groups -OCH3 is 2. The monoisotopic (exact) mass is 285 g/mol. The van der Waals surface area contributed by atoms with Crippen LogP contribution in [0.3, 0.4) is 0 Å². The van der Waals surface area contributed by atoms with E-state index in [1.807, 2.05) is 24.3 Å². The molecule has 1 N–H and O–H groups in total. The summed E-state index contributed by atoms with van der Waals surface area (Å²) < 4.78 is 10.7. The van der Waals surface area contributed by atoms with Crippen molar-refractivity contribution in [2.24, 2.45) is 5.92 Å². The first kappa shape index (κ1) is 15.2. The molecule has 0 bridgehead atoms. The summed E-state index contributed by atoms with van der Waals surface area (Å²) in [6, 6.07) is 16.6. The summed E-state index contributed by atoms with van der Waals surface area (Å²) in [5, 5.41) is 3.58. The SMILES string of the molecule is COc1cc(NC(c2ccccc2)C(C)C)cc(OC)c1. The van der Waals surface area contributed by atoms with Crippen LogP contribution in [-0.4, -0.2) is 14.2 Å². The maximum Gasteiger partial charge on any atom is 0.124 e. The Hall–Kier alpha value is -2.16. The average molecular weight is 285 g/mol. The molecule has 0 radical (unpaired) electrons. The molecule has 0 spiro atoms. The van der Waals surface area contributed by atoms with Crippen molar-refractivity contribution < 1.29 is 9.47 Å². The third-order valence-electron chi connectivity index (χ3n) is 3.50. The van der Waals surface area contributed by atoms with Crippen LogP contribution < -0.4 is 14.8 Å². The van der Waals surface area contributed by atoms with Crippen molar-refractivity contribution in [2.45, 2.75) is 19.9 Å². The molecule has 3 nitrogen and oxygen atoms in total. The summed E-state index contributed by atoms with van der Waals surface area (Å²) in [5.41, 5.74) is 2.27. The van der Waals surface area contributed by atoms with Crippen molar-refractivity contribution in [3.63, 3.8) is 0 Å². The van der Waals surface area contributed by atoms with E-state index in [0.717, 1.165) is 17.2 Å². The first-order chi connectivity index (χ1) is 10.1. The minimum atomic E-state index is 0.239. The molecule has 2 aromatic carbocycles. The molecule has 112 valence electrons. The lowest BCUT2D eigenvalue weighted by atomic mass is 9.96. The second-order valence-electron chi connectivity index (χ2n) is 5.38. The highest BCUT2D eigenvalue weighted by molar-refractivity contribution is 5.55. The Morgan fingerprint density at radius 1 is 0.857 bits per heavy atom. The molecule has 0 aliphatic heterocycles. The second kappa shape index (κ2) is 7.02. The average Bonchev–Trinajstić information content (AvgIpc) is 2.52. The van der Waals surface area contributed by atoms with Gasteiger partial charge < -0.3 is 14.8 Å². The summed E-state index contributed by atoms with van der Waals surface area (Å²) >= 11 is 0. The molecule has 1 atom stereocenters. The van der Waals surface area contributed by atoms with Crippen LogP contribution in [0.5, 0.6) is 11.5 Å². The minimum Gasteiger partial charge on any atom is -0.497 e. The van der Waals surface area contributed by atoms with Crippen LogP contribution in [0.4, 0.5) is 5.69 Å². The Balaban J connectivity index is 2.29.